The fourth-order valence-electron chi connectivity index (χ4n) is 3.19. The van der Waals surface area contributed by atoms with Gasteiger partial charge in [0.15, 0.2) is 6.23 Å². The topological polar surface area (TPSA) is 133 Å². The van der Waals surface area contributed by atoms with Crippen LogP contribution in [0.3, 0.4) is 0 Å². The third kappa shape index (κ3) is 3.70. The number of nitrogens with zero attached hydrogens (tertiary/aromatic N) is 1. The molecular formula is C18H28N2O6. The predicted octanol–water partition coefficient (Wildman–Crippen LogP) is -0.416. The van der Waals surface area contributed by atoms with Gasteiger partial charge in [0.25, 0.3) is 0 Å². The van der Waals surface area contributed by atoms with Crippen LogP contribution >= 0.6 is 0 Å². The van der Waals surface area contributed by atoms with Gasteiger partial charge in [0.1, 0.15) is 24.4 Å². The summed E-state index contributed by atoms with van der Waals surface area (Å²) in [6, 6.07) is 3.71. The van der Waals surface area contributed by atoms with Gasteiger partial charge in [0, 0.05) is 0 Å². The molecule has 1 saturated heterocycles. The minimum absolute atomic E-state index is 0.301. The second-order valence-corrected chi connectivity index (χ2v) is 7.71. The van der Waals surface area contributed by atoms with Crippen LogP contribution in [0.2, 0.25) is 0 Å². The molecule has 0 saturated carbocycles. The van der Waals surface area contributed by atoms with Gasteiger partial charge in [0.2, 0.25) is 0 Å². The molecule has 8 nitrogen and oxygen atoms in total. The summed E-state index contributed by atoms with van der Waals surface area (Å²) < 4.78 is 0. The third-order valence-electron chi connectivity index (χ3n) is 4.68. The van der Waals surface area contributed by atoms with Gasteiger partial charge >= 0.3 is 6.03 Å². The van der Waals surface area contributed by atoms with E-state index in [1.54, 1.807) is 0 Å². The summed E-state index contributed by atoms with van der Waals surface area (Å²) in [7, 11) is 0. The zero-order valence-corrected chi connectivity index (χ0v) is 15.4. The van der Waals surface area contributed by atoms with E-state index in [9.17, 15) is 25.2 Å². The highest BCUT2D eigenvalue weighted by atomic mass is 16.4. The molecule has 2 rings (SSSR count). The molecule has 0 bridgehead atoms. The molecule has 2 amide bonds. The lowest BCUT2D eigenvalue weighted by Gasteiger charge is -2.32. The van der Waals surface area contributed by atoms with E-state index in [1.807, 2.05) is 45.9 Å². The Morgan fingerprint density at radius 3 is 2.38 bits per heavy atom. The molecule has 0 unspecified atom stereocenters. The second-order valence-electron chi connectivity index (χ2n) is 7.71. The quantitative estimate of drug-likeness (QED) is 0.418. The van der Waals surface area contributed by atoms with Crippen molar-refractivity contribution in [3.05, 3.63) is 29.3 Å². The first kappa shape index (κ1) is 20.6. The molecule has 26 heavy (non-hydrogen) atoms. The fourth-order valence-corrected chi connectivity index (χ4v) is 3.19. The molecule has 1 heterocycles. The van der Waals surface area contributed by atoms with E-state index in [1.165, 1.54) is 0 Å². The molecule has 8 heteroatoms. The van der Waals surface area contributed by atoms with E-state index in [2.05, 4.69) is 5.32 Å². The number of nitrogens with one attached hydrogen (secondary N) is 1. The van der Waals surface area contributed by atoms with E-state index < -0.39 is 43.2 Å². The highest BCUT2D eigenvalue weighted by molar-refractivity contribution is 5.97. The van der Waals surface area contributed by atoms with Crippen LogP contribution in [0.15, 0.2) is 18.2 Å². The van der Waals surface area contributed by atoms with E-state index in [0.717, 1.165) is 16.0 Å². The summed E-state index contributed by atoms with van der Waals surface area (Å²) in [5.74, 6) is 0. The number of anilines is 1. The van der Waals surface area contributed by atoms with Crippen molar-refractivity contribution in [1.29, 1.82) is 0 Å². The summed E-state index contributed by atoms with van der Waals surface area (Å²) in [4.78, 5) is 13.7. The minimum Gasteiger partial charge on any atom is -0.394 e. The van der Waals surface area contributed by atoms with Gasteiger partial charge in [0.05, 0.1) is 12.3 Å². The first-order valence-corrected chi connectivity index (χ1v) is 8.53. The largest absolute Gasteiger partial charge is 0.394 e. The smallest absolute Gasteiger partial charge is 0.324 e. The zero-order valence-electron chi connectivity index (χ0n) is 15.4. The molecule has 1 aromatic carbocycles. The van der Waals surface area contributed by atoms with Gasteiger partial charge in [-0.25, -0.2) is 4.79 Å². The first-order chi connectivity index (χ1) is 12.0. The molecule has 0 aromatic heterocycles. The van der Waals surface area contributed by atoms with Crippen LogP contribution in [0.25, 0.3) is 0 Å². The Morgan fingerprint density at radius 2 is 1.85 bits per heavy atom. The predicted molar refractivity (Wildman–Crippen MR) is 95.8 cm³/mol. The number of aryl methyl sites for hydroxylation is 1. The number of hydrogen-bond donors (Lipinski definition) is 6. The summed E-state index contributed by atoms with van der Waals surface area (Å²) in [6.45, 7) is 7.02. The maximum Gasteiger partial charge on any atom is 0.324 e. The van der Waals surface area contributed by atoms with Crippen molar-refractivity contribution < 1.29 is 30.3 Å². The molecule has 6 N–H and O–H groups in total. The number of carbonyl (C=O) groups is 1. The molecule has 0 aliphatic carbocycles. The molecule has 1 aliphatic heterocycles. The Bertz CT molecular complexity index is 660. The van der Waals surface area contributed by atoms with E-state index >= 15 is 0 Å². The Kier molecular flexibility index (Phi) is 5.94. The van der Waals surface area contributed by atoms with Gasteiger partial charge in [-0.1, -0.05) is 39.0 Å². The van der Waals surface area contributed by atoms with Gasteiger partial charge < -0.3 is 30.8 Å². The Balaban J connectivity index is 2.41. The molecule has 0 radical (unpaired) electrons. The number of hydrogen-bond acceptors (Lipinski definition) is 6. The van der Waals surface area contributed by atoms with Crippen molar-refractivity contribution in [3.8, 4) is 0 Å². The average molecular weight is 368 g/mol. The number of para-hydroxylation sites is 1. The summed E-state index contributed by atoms with van der Waals surface area (Å²) in [5.41, 5.74) is 1.86. The van der Waals surface area contributed by atoms with Crippen LogP contribution in [0.4, 0.5) is 10.5 Å². The van der Waals surface area contributed by atoms with Crippen molar-refractivity contribution in [2.75, 3.05) is 11.5 Å². The van der Waals surface area contributed by atoms with Gasteiger partial charge in [-0.15, -0.1) is 0 Å². The standard InChI is InChI=1S/C18H28N2O6/c1-9-6-5-7-10(18(2,3)4)13(9)20-16(25)12(19-17(20)26)15(24)14(23)11(22)8-21/h5-7,11-12,14-16,21-25H,8H2,1-4H3,(H,19,26)/t11-,12-,14-,15+,16-/m1/s1. The Labute approximate surface area is 152 Å². The number of urea groups is 1. The number of carbonyl (C=O) groups excluding carboxylic acids is 1. The minimum atomic E-state index is -1.72. The third-order valence-corrected chi connectivity index (χ3v) is 4.68. The van der Waals surface area contributed by atoms with E-state index in [-0.39, 0.29) is 5.41 Å². The number of rotatable bonds is 5. The molecule has 1 aliphatic rings. The lowest BCUT2D eigenvalue weighted by Crippen LogP contribution is -2.53. The Morgan fingerprint density at radius 1 is 1.23 bits per heavy atom. The van der Waals surface area contributed by atoms with Crippen molar-refractivity contribution in [3.63, 3.8) is 0 Å². The zero-order chi connectivity index (χ0) is 19.8. The molecule has 0 spiro atoms. The highest BCUT2D eigenvalue weighted by Crippen LogP contribution is 2.37. The second kappa shape index (κ2) is 7.50. The van der Waals surface area contributed by atoms with Gasteiger partial charge in [-0.05, 0) is 23.5 Å². The monoisotopic (exact) mass is 368 g/mol. The van der Waals surface area contributed by atoms with Crippen molar-refractivity contribution >= 4 is 11.7 Å². The van der Waals surface area contributed by atoms with Crippen LogP contribution < -0.4 is 10.2 Å². The Hall–Kier alpha value is -1.71. The van der Waals surface area contributed by atoms with Crippen LogP contribution in [0.5, 0.6) is 0 Å². The van der Waals surface area contributed by atoms with E-state index in [0.29, 0.717) is 5.69 Å². The normalized spacial score (nSPS) is 24.3. The lowest BCUT2D eigenvalue weighted by molar-refractivity contribution is -0.0947. The van der Waals surface area contributed by atoms with Crippen molar-refractivity contribution in [2.45, 2.75) is 63.7 Å². The van der Waals surface area contributed by atoms with E-state index in [4.69, 9.17) is 5.11 Å². The average Bonchev–Trinajstić information content (AvgIpc) is 2.86. The summed E-state index contributed by atoms with van der Waals surface area (Å²) >= 11 is 0. The van der Waals surface area contributed by atoms with Crippen LogP contribution in [-0.2, 0) is 5.41 Å². The number of aliphatic hydroxyl groups excluding tert-OH is 5. The van der Waals surface area contributed by atoms with Crippen molar-refractivity contribution in [1.82, 2.24) is 5.32 Å². The first-order valence-electron chi connectivity index (χ1n) is 8.53. The maximum atomic E-state index is 12.5. The summed E-state index contributed by atoms with van der Waals surface area (Å²) in [5, 5.41) is 51.7. The van der Waals surface area contributed by atoms with Crippen LogP contribution in [-0.4, -0.2) is 68.8 Å². The summed E-state index contributed by atoms with van der Waals surface area (Å²) in [6.07, 6.45) is -6.44. The van der Waals surface area contributed by atoms with Gasteiger partial charge in [-0.3, -0.25) is 4.90 Å². The number of aliphatic hydroxyl groups is 5. The molecule has 5 atom stereocenters. The van der Waals surface area contributed by atoms with Crippen LogP contribution in [0.1, 0.15) is 31.9 Å². The molecule has 1 fully saturated rings. The van der Waals surface area contributed by atoms with Crippen LogP contribution in [0, 0.1) is 6.92 Å². The molecular weight excluding hydrogens is 340 g/mol. The number of benzene rings is 1. The van der Waals surface area contributed by atoms with Gasteiger partial charge in [-0.2, -0.15) is 0 Å². The SMILES string of the molecule is Cc1cccc(C(C)(C)C)c1N1C(=O)N[C@H]([C@H](O)[C@H](O)[C@H](O)CO)[C@H]1O. The molecule has 1 aromatic rings. The maximum absolute atomic E-state index is 12.5. The highest BCUT2D eigenvalue weighted by Gasteiger charge is 2.47. The fraction of sp³-hybridized carbons (Fsp3) is 0.611. The molecule has 146 valence electrons. The lowest BCUT2D eigenvalue weighted by atomic mass is 9.84. The van der Waals surface area contributed by atoms with Crippen molar-refractivity contribution in [2.24, 2.45) is 0 Å². The number of amides is 2.